The van der Waals surface area contributed by atoms with E-state index in [9.17, 15) is 5.11 Å². The number of nitrogens with one attached hydrogen (secondary N) is 1. The molecule has 3 nitrogen and oxygen atoms in total. The van der Waals surface area contributed by atoms with Gasteiger partial charge in [-0.05, 0) is 39.3 Å². The Balaban J connectivity index is 2.27. The van der Waals surface area contributed by atoms with Crippen LogP contribution in [0.3, 0.4) is 0 Å². The van der Waals surface area contributed by atoms with E-state index in [0.29, 0.717) is 12.5 Å². The lowest BCUT2D eigenvalue weighted by molar-refractivity contribution is -0.0410. The number of fused-ring (bicyclic) bond motifs is 1. The summed E-state index contributed by atoms with van der Waals surface area (Å²) in [6.07, 6.45) is 0.212. The van der Waals surface area contributed by atoms with E-state index in [-0.39, 0.29) is 0 Å². The van der Waals surface area contributed by atoms with Crippen LogP contribution in [0.5, 0.6) is 5.75 Å². The fraction of sp³-hybridized carbons (Fsp3) is 0.571. The minimum atomic E-state index is -0.510. The zero-order chi connectivity index (χ0) is 12.6. The Labute approximate surface area is 103 Å². The number of anilines is 1. The Bertz CT molecular complexity index is 413. The molecule has 1 atom stereocenters. The molecule has 1 aromatic carbocycles. The van der Waals surface area contributed by atoms with Crippen molar-refractivity contribution in [3.05, 3.63) is 23.8 Å². The molecule has 0 aromatic heterocycles. The van der Waals surface area contributed by atoms with Crippen LogP contribution < -0.4 is 10.1 Å². The van der Waals surface area contributed by atoms with Gasteiger partial charge in [-0.25, -0.2) is 0 Å². The van der Waals surface area contributed by atoms with E-state index in [1.54, 1.807) is 0 Å². The van der Waals surface area contributed by atoms with Crippen LogP contribution >= 0.6 is 0 Å². The maximum absolute atomic E-state index is 9.96. The highest BCUT2D eigenvalue weighted by molar-refractivity contribution is 5.53. The zero-order valence-electron chi connectivity index (χ0n) is 10.9. The number of hydrogen-bond acceptors (Lipinski definition) is 3. The van der Waals surface area contributed by atoms with Crippen molar-refractivity contribution in [2.45, 2.75) is 51.9 Å². The van der Waals surface area contributed by atoms with E-state index in [1.807, 2.05) is 32.0 Å². The molecule has 1 aliphatic rings. The van der Waals surface area contributed by atoms with Crippen LogP contribution in [0.25, 0.3) is 0 Å². The number of benzene rings is 1. The first-order valence-corrected chi connectivity index (χ1v) is 6.15. The Morgan fingerprint density at radius 1 is 1.41 bits per heavy atom. The lowest BCUT2D eigenvalue weighted by Gasteiger charge is -2.37. The van der Waals surface area contributed by atoms with Gasteiger partial charge >= 0.3 is 0 Å². The molecular weight excluding hydrogens is 214 g/mol. The van der Waals surface area contributed by atoms with Crippen molar-refractivity contribution in [3.8, 4) is 5.75 Å². The molecule has 1 unspecified atom stereocenters. The monoisotopic (exact) mass is 235 g/mol. The number of aliphatic hydroxyl groups is 1. The maximum atomic E-state index is 9.96. The first kappa shape index (κ1) is 12.2. The summed E-state index contributed by atoms with van der Waals surface area (Å²) in [5, 5.41) is 13.3. The third-order valence-corrected chi connectivity index (χ3v) is 3.11. The van der Waals surface area contributed by atoms with Crippen molar-refractivity contribution >= 4 is 5.69 Å². The van der Waals surface area contributed by atoms with Gasteiger partial charge in [-0.2, -0.15) is 0 Å². The van der Waals surface area contributed by atoms with E-state index in [2.05, 4.69) is 19.2 Å². The molecule has 1 aliphatic heterocycles. The van der Waals surface area contributed by atoms with Gasteiger partial charge in [-0.1, -0.05) is 6.07 Å². The van der Waals surface area contributed by atoms with Crippen LogP contribution in [-0.2, 0) is 6.42 Å². The van der Waals surface area contributed by atoms with Crippen molar-refractivity contribution in [2.75, 3.05) is 5.32 Å². The van der Waals surface area contributed by atoms with Crippen LogP contribution in [0.2, 0.25) is 0 Å². The number of rotatable bonds is 2. The molecule has 17 heavy (non-hydrogen) atoms. The first-order chi connectivity index (χ1) is 7.88. The third-order valence-electron chi connectivity index (χ3n) is 3.11. The van der Waals surface area contributed by atoms with E-state index in [1.165, 1.54) is 0 Å². The van der Waals surface area contributed by atoms with Gasteiger partial charge in [0.25, 0.3) is 0 Å². The Morgan fingerprint density at radius 3 is 2.76 bits per heavy atom. The molecule has 0 radical (unpaired) electrons. The Hall–Kier alpha value is -1.22. The van der Waals surface area contributed by atoms with E-state index in [0.717, 1.165) is 17.0 Å². The van der Waals surface area contributed by atoms with Gasteiger partial charge in [0.15, 0.2) is 0 Å². The van der Waals surface area contributed by atoms with Crippen molar-refractivity contribution in [3.63, 3.8) is 0 Å². The lowest BCUT2D eigenvalue weighted by Crippen LogP contribution is -2.46. The summed E-state index contributed by atoms with van der Waals surface area (Å²) in [5.74, 6) is 0.881. The molecule has 1 aromatic rings. The zero-order valence-corrected chi connectivity index (χ0v) is 10.9. The molecule has 0 bridgehead atoms. The average Bonchev–Trinajstić information content (AvgIpc) is 2.18. The molecule has 0 spiro atoms. The van der Waals surface area contributed by atoms with E-state index in [4.69, 9.17) is 4.74 Å². The normalized spacial score (nSPS) is 21.9. The van der Waals surface area contributed by atoms with Crippen molar-refractivity contribution in [2.24, 2.45) is 0 Å². The summed E-state index contributed by atoms with van der Waals surface area (Å²) in [4.78, 5) is 0. The highest BCUT2D eigenvalue weighted by Crippen LogP contribution is 2.35. The Morgan fingerprint density at radius 2 is 2.12 bits per heavy atom. The van der Waals surface area contributed by atoms with E-state index >= 15 is 0 Å². The second kappa shape index (κ2) is 4.22. The second-order valence-corrected chi connectivity index (χ2v) is 5.55. The fourth-order valence-electron chi connectivity index (χ4n) is 2.05. The minimum Gasteiger partial charge on any atom is -0.485 e. The average molecular weight is 235 g/mol. The summed E-state index contributed by atoms with van der Waals surface area (Å²) in [7, 11) is 0. The van der Waals surface area contributed by atoms with Crippen LogP contribution in [0.1, 0.15) is 33.3 Å². The summed E-state index contributed by atoms with van der Waals surface area (Å²) >= 11 is 0. The molecule has 0 aliphatic carbocycles. The lowest BCUT2D eigenvalue weighted by atomic mass is 9.91. The topological polar surface area (TPSA) is 41.5 Å². The molecule has 2 rings (SSSR count). The molecular formula is C14H21NO2. The van der Waals surface area contributed by atoms with Gasteiger partial charge in [0.05, 0.1) is 6.10 Å². The predicted molar refractivity (Wildman–Crippen MR) is 69.6 cm³/mol. The fourth-order valence-corrected chi connectivity index (χ4v) is 2.05. The van der Waals surface area contributed by atoms with Crippen LogP contribution in [0.4, 0.5) is 5.69 Å². The van der Waals surface area contributed by atoms with Crippen LogP contribution in [0.15, 0.2) is 18.2 Å². The third kappa shape index (κ3) is 2.55. The molecule has 0 amide bonds. The van der Waals surface area contributed by atoms with Gasteiger partial charge < -0.3 is 15.2 Å². The molecule has 1 heterocycles. The van der Waals surface area contributed by atoms with Crippen LogP contribution in [-0.4, -0.2) is 22.9 Å². The number of ether oxygens (including phenoxy) is 1. The smallest absolute Gasteiger partial charge is 0.129 e. The first-order valence-electron chi connectivity index (χ1n) is 6.15. The quantitative estimate of drug-likeness (QED) is 0.828. The highest BCUT2D eigenvalue weighted by Gasteiger charge is 2.35. The standard InChI is InChI=1S/C14H21NO2/c1-9(2)15-11-6-5-10-7-13(16)14(3,4)17-12(10)8-11/h5-6,8-9,13,15-16H,7H2,1-4H3. The van der Waals surface area contributed by atoms with Crippen LogP contribution in [0, 0.1) is 0 Å². The van der Waals surface area contributed by atoms with Gasteiger partial charge in [0.1, 0.15) is 11.4 Å². The summed E-state index contributed by atoms with van der Waals surface area (Å²) < 4.78 is 5.86. The molecule has 2 N–H and O–H groups in total. The van der Waals surface area contributed by atoms with Crippen molar-refractivity contribution in [1.29, 1.82) is 0 Å². The largest absolute Gasteiger partial charge is 0.485 e. The van der Waals surface area contributed by atoms with Gasteiger partial charge in [-0.15, -0.1) is 0 Å². The summed E-state index contributed by atoms with van der Waals surface area (Å²) in [6, 6.07) is 6.48. The molecule has 0 saturated heterocycles. The Kier molecular flexibility index (Phi) is 3.04. The molecule has 0 fully saturated rings. The molecule has 0 saturated carbocycles. The maximum Gasteiger partial charge on any atom is 0.129 e. The minimum absolute atomic E-state index is 0.398. The summed E-state index contributed by atoms with van der Waals surface area (Å²) in [5.41, 5.74) is 1.63. The van der Waals surface area contributed by atoms with Gasteiger partial charge in [0, 0.05) is 24.2 Å². The van der Waals surface area contributed by atoms with E-state index < -0.39 is 11.7 Å². The number of hydrogen-bond donors (Lipinski definition) is 2. The van der Waals surface area contributed by atoms with Gasteiger partial charge in [-0.3, -0.25) is 0 Å². The SMILES string of the molecule is CC(C)Nc1ccc2c(c1)OC(C)(C)C(O)C2. The van der Waals surface area contributed by atoms with Crippen molar-refractivity contribution < 1.29 is 9.84 Å². The second-order valence-electron chi connectivity index (χ2n) is 5.55. The van der Waals surface area contributed by atoms with Gasteiger partial charge in [0.2, 0.25) is 0 Å². The predicted octanol–water partition coefficient (Wildman–Crippen LogP) is 2.58. The number of aliphatic hydroxyl groups excluding tert-OH is 1. The summed E-state index contributed by atoms with van der Waals surface area (Å²) in [6.45, 7) is 8.05. The van der Waals surface area contributed by atoms with Crippen molar-refractivity contribution in [1.82, 2.24) is 0 Å². The molecule has 94 valence electrons. The molecule has 3 heteroatoms. The highest BCUT2D eigenvalue weighted by atomic mass is 16.5.